The van der Waals surface area contributed by atoms with Gasteiger partial charge in [-0.05, 0) is 29.8 Å². The summed E-state index contributed by atoms with van der Waals surface area (Å²) in [6.07, 6.45) is 0. The molecule has 2 amide bonds. The zero-order chi connectivity index (χ0) is 20.5. The molecule has 1 unspecified atom stereocenters. The minimum atomic E-state index is -0.758. The van der Waals surface area contributed by atoms with E-state index in [0.717, 1.165) is 11.3 Å². The van der Waals surface area contributed by atoms with E-state index in [4.69, 9.17) is 0 Å². The summed E-state index contributed by atoms with van der Waals surface area (Å²) in [5, 5.41) is 5.80. The predicted octanol–water partition coefficient (Wildman–Crippen LogP) is 3.41. The molecule has 0 spiro atoms. The van der Waals surface area contributed by atoms with Crippen LogP contribution in [0.15, 0.2) is 91.0 Å². The first-order valence-corrected chi connectivity index (χ1v) is 9.60. The molecular formula is C24H25N3O2. The van der Waals surface area contributed by atoms with Gasteiger partial charge in [0.15, 0.2) is 0 Å². The lowest BCUT2D eigenvalue weighted by atomic mass is 10.1. The molecule has 0 aliphatic carbocycles. The summed E-state index contributed by atoms with van der Waals surface area (Å²) < 4.78 is 0. The highest BCUT2D eigenvalue weighted by atomic mass is 16.2. The molecule has 0 aliphatic heterocycles. The third-order valence-corrected chi connectivity index (χ3v) is 4.65. The number of amides is 2. The van der Waals surface area contributed by atoms with Gasteiger partial charge in [0.25, 0.3) is 5.91 Å². The molecule has 1 atom stereocenters. The molecule has 5 nitrogen and oxygen atoms in total. The molecular weight excluding hydrogens is 362 g/mol. The number of hydrogen-bond acceptors (Lipinski definition) is 3. The minimum Gasteiger partial charge on any atom is -0.373 e. The Labute approximate surface area is 171 Å². The third kappa shape index (κ3) is 5.69. The highest BCUT2D eigenvalue weighted by Crippen LogP contribution is 2.14. The summed E-state index contributed by atoms with van der Waals surface area (Å²) in [4.78, 5) is 27.6. The molecule has 0 aliphatic rings. The smallest absolute Gasteiger partial charge is 0.252 e. The Morgan fingerprint density at radius 3 is 2.00 bits per heavy atom. The van der Waals surface area contributed by atoms with Crippen molar-refractivity contribution in [1.29, 1.82) is 0 Å². The molecule has 0 radical (unpaired) electrons. The summed E-state index contributed by atoms with van der Waals surface area (Å²) >= 11 is 0. The molecule has 2 N–H and O–H groups in total. The zero-order valence-corrected chi connectivity index (χ0v) is 16.4. The number of rotatable bonds is 8. The quantitative estimate of drug-likeness (QED) is 0.623. The first-order valence-electron chi connectivity index (χ1n) is 9.60. The number of nitrogens with zero attached hydrogens (tertiary/aromatic N) is 1. The topological polar surface area (TPSA) is 61.4 Å². The van der Waals surface area contributed by atoms with E-state index in [1.807, 2.05) is 73.8 Å². The Bertz CT molecular complexity index is 915. The zero-order valence-electron chi connectivity index (χ0n) is 16.4. The van der Waals surface area contributed by atoms with E-state index in [0.29, 0.717) is 18.7 Å². The maximum atomic E-state index is 12.9. The SMILES string of the molecule is CN(CCNC(=O)C(NC(=O)c1ccccc1)c1ccccc1)c1ccccc1. The molecule has 0 saturated heterocycles. The lowest BCUT2D eigenvalue weighted by molar-refractivity contribution is -0.123. The summed E-state index contributed by atoms with van der Waals surface area (Å²) in [7, 11) is 1.98. The van der Waals surface area contributed by atoms with Gasteiger partial charge >= 0.3 is 0 Å². The van der Waals surface area contributed by atoms with Crippen LogP contribution in [0.3, 0.4) is 0 Å². The summed E-state index contributed by atoms with van der Waals surface area (Å²) in [6.45, 7) is 1.12. The van der Waals surface area contributed by atoms with Crippen molar-refractivity contribution in [3.05, 3.63) is 102 Å². The van der Waals surface area contributed by atoms with Gasteiger partial charge < -0.3 is 15.5 Å². The number of nitrogens with one attached hydrogen (secondary N) is 2. The van der Waals surface area contributed by atoms with Crippen LogP contribution < -0.4 is 15.5 Å². The first kappa shape index (κ1) is 20.1. The van der Waals surface area contributed by atoms with Crippen LogP contribution >= 0.6 is 0 Å². The van der Waals surface area contributed by atoms with Crippen molar-refractivity contribution < 1.29 is 9.59 Å². The van der Waals surface area contributed by atoms with E-state index in [1.54, 1.807) is 24.3 Å². The number of anilines is 1. The van der Waals surface area contributed by atoms with Gasteiger partial charge in [-0.25, -0.2) is 0 Å². The van der Waals surface area contributed by atoms with E-state index in [-0.39, 0.29) is 11.8 Å². The predicted molar refractivity (Wildman–Crippen MR) is 116 cm³/mol. The van der Waals surface area contributed by atoms with Gasteiger partial charge in [-0.15, -0.1) is 0 Å². The molecule has 0 fully saturated rings. The molecule has 29 heavy (non-hydrogen) atoms. The van der Waals surface area contributed by atoms with Gasteiger partial charge in [0.05, 0.1) is 0 Å². The van der Waals surface area contributed by atoms with Crippen molar-refractivity contribution in [3.63, 3.8) is 0 Å². The van der Waals surface area contributed by atoms with Crippen molar-refractivity contribution >= 4 is 17.5 Å². The average molecular weight is 387 g/mol. The molecule has 3 aromatic rings. The summed E-state index contributed by atoms with van der Waals surface area (Å²) in [6, 6.07) is 27.4. The molecule has 3 aromatic carbocycles. The molecule has 0 heterocycles. The van der Waals surface area contributed by atoms with Crippen LogP contribution in [0.5, 0.6) is 0 Å². The maximum Gasteiger partial charge on any atom is 0.252 e. The second kappa shape index (κ2) is 10.1. The second-order valence-electron chi connectivity index (χ2n) is 6.73. The van der Waals surface area contributed by atoms with Crippen LogP contribution in [0, 0.1) is 0 Å². The molecule has 0 saturated carbocycles. The molecule has 0 bridgehead atoms. The Hall–Kier alpha value is -3.60. The fraction of sp³-hybridized carbons (Fsp3) is 0.167. The lowest BCUT2D eigenvalue weighted by Gasteiger charge is -2.22. The lowest BCUT2D eigenvalue weighted by Crippen LogP contribution is -2.42. The van der Waals surface area contributed by atoms with Crippen molar-refractivity contribution in [2.45, 2.75) is 6.04 Å². The normalized spacial score (nSPS) is 11.3. The highest BCUT2D eigenvalue weighted by Gasteiger charge is 2.23. The highest BCUT2D eigenvalue weighted by molar-refractivity contribution is 5.97. The van der Waals surface area contributed by atoms with Crippen LogP contribution in [0.1, 0.15) is 22.0 Å². The van der Waals surface area contributed by atoms with Crippen molar-refractivity contribution in [2.75, 3.05) is 25.0 Å². The fourth-order valence-electron chi connectivity index (χ4n) is 3.01. The van der Waals surface area contributed by atoms with E-state index in [2.05, 4.69) is 15.5 Å². The Kier molecular flexibility index (Phi) is 7.00. The van der Waals surface area contributed by atoms with E-state index in [1.165, 1.54) is 0 Å². The van der Waals surface area contributed by atoms with Crippen molar-refractivity contribution in [1.82, 2.24) is 10.6 Å². The molecule has 3 rings (SSSR count). The minimum absolute atomic E-state index is 0.234. The summed E-state index contributed by atoms with van der Waals surface area (Å²) in [5.41, 5.74) is 2.34. The fourth-order valence-corrected chi connectivity index (χ4v) is 3.01. The number of carbonyl (C=O) groups excluding carboxylic acids is 2. The number of benzene rings is 3. The standard InChI is InChI=1S/C24H25N3O2/c1-27(21-15-9-4-10-16-21)18-17-25-24(29)22(19-11-5-2-6-12-19)26-23(28)20-13-7-3-8-14-20/h2-16,22H,17-18H2,1H3,(H,25,29)(H,26,28). The van der Waals surface area contributed by atoms with Crippen LogP contribution in [0.25, 0.3) is 0 Å². The third-order valence-electron chi connectivity index (χ3n) is 4.65. The van der Waals surface area contributed by atoms with Crippen LogP contribution in [-0.2, 0) is 4.79 Å². The Morgan fingerprint density at radius 1 is 0.828 bits per heavy atom. The van der Waals surface area contributed by atoms with Crippen molar-refractivity contribution in [2.24, 2.45) is 0 Å². The number of hydrogen-bond donors (Lipinski definition) is 2. The number of likely N-dealkylation sites (N-methyl/N-ethyl adjacent to an activating group) is 1. The monoisotopic (exact) mass is 387 g/mol. The van der Waals surface area contributed by atoms with Gasteiger partial charge in [-0.1, -0.05) is 66.7 Å². The Morgan fingerprint density at radius 2 is 1.38 bits per heavy atom. The second-order valence-corrected chi connectivity index (χ2v) is 6.73. The number of para-hydroxylation sites is 1. The van der Waals surface area contributed by atoms with Gasteiger partial charge in [0, 0.05) is 31.4 Å². The Balaban J connectivity index is 1.64. The van der Waals surface area contributed by atoms with Gasteiger partial charge in [-0.2, -0.15) is 0 Å². The van der Waals surface area contributed by atoms with Crippen LogP contribution in [0.2, 0.25) is 0 Å². The van der Waals surface area contributed by atoms with Gasteiger partial charge in [0.2, 0.25) is 5.91 Å². The largest absolute Gasteiger partial charge is 0.373 e. The van der Waals surface area contributed by atoms with Crippen molar-refractivity contribution in [3.8, 4) is 0 Å². The molecule has 148 valence electrons. The number of carbonyl (C=O) groups is 2. The van der Waals surface area contributed by atoms with E-state index in [9.17, 15) is 9.59 Å². The summed E-state index contributed by atoms with van der Waals surface area (Å²) in [5.74, 6) is -0.516. The van der Waals surface area contributed by atoms with Gasteiger partial charge in [0.1, 0.15) is 6.04 Å². The average Bonchev–Trinajstić information content (AvgIpc) is 2.79. The van der Waals surface area contributed by atoms with E-state index >= 15 is 0 Å². The van der Waals surface area contributed by atoms with Gasteiger partial charge in [-0.3, -0.25) is 9.59 Å². The maximum absolute atomic E-state index is 12.9. The van der Waals surface area contributed by atoms with Crippen LogP contribution in [0.4, 0.5) is 5.69 Å². The first-order chi connectivity index (χ1) is 14.1. The van der Waals surface area contributed by atoms with E-state index < -0.39 is 6.04 Å². The molecule has 5 heteroatoms. The molecule has 0 aromatic heterocycles. The van der Waals surface area contributed by atoms with Crippen LogP contribution in [-0.4, -0.2) is 32.0 Å².